The molecule has 0 amide bonds. The molecule has 2 aromatic carbocycles. The van der Waals surface area contributed by atoms with Gasteiger partial charge in [0.05, 0.1) is 0 Å². The van der Waals surface area contributed by atoms with Crippen molar-refractivity contribution in [2.45, 2.75) is 25.9 Å². The van der Waals surface area contributed by atoms with Crippen molar-refractivity contribution in [3.63, 3.8) is 0 Å². The number of rotatable bonds is 4. The van der Waals surface area contributed by atoms with Gasteiger partial charge in [-0.1, -0.05) is 48.5 Å². The van der Waals surface area contributed by atoms with Crippen LogP contribution in [0.1, 0.15) is 22.3 Å². The lowest BCUT2D eigenvalue weighted by atomic mass is 9.99. The van der Waals surface area contributed by atoms with Crippen molar-refractivity contribution in [1.29, 1.82) is 0 Å². The summed E-state index contributed by atoms with van der Waals surface area (Å²) in [6.45, 7) is 4.01. The largest absolute Gasteiger partial charge is 0.326 e. The molecule has 2 heteroatoms. The number of hydrogen-bond acceptors (Lipinski definition) is 2. The van der Waals surface area contributed by atoms with Gasteiger partial charge in [-0.15, -0.1) is 0 Å². The number of nitrogens with two attached hydrogens (primary N) is 1. The van der Waals surface area contributed by atoms with Crippen LogP contribution < -0.4 is 5.73 Å². The van der Waals surface area contributed by atoms with E-state index in [1.54, 1.807) is 0 Å². The van der Waals surface area contributed by atoms with E-state index in [-0.39, 0.29) is 0 Å². The molecule has 104 valence electrons. The van der Waals surface area contributed by atoms with Crippen molar-refractivity contribution < 1.29 is 0 Å². The van der Waals surface area contributed by atoms with Crippen LogP contribution in [0, 0.1) is 0 Å². The Kier molecular flexibility index (Phi) is 4.14. The lowest BCUT2D eigenvalue weighted by Crippen LogP contribution is -2.32. The highest BCUT2D eigenvalue weighted by Crippen LogP contribution is 2.19. The first-order valence-corrected chi connectivity index (χ1v) is 7.43. The zero-order valence-electron chi connectivity index (χ0n) is 11.9. The molecular formula is C18H22N2. The molecule has 1 aliphatic rings. The highest BCUT2D eigenvalue weighted by Gasteiger charge is 2.15. The normalized spacial score (nSPS) is 15.1. The first-order valence-electron chi connectivity index (χ1n) is 7.43. The van der Waals surface area contributed by atoms with E-state index in [0.29, 0.717) is 6.54 Å². The van der Waals surface area contributed by atoms with E-state index in [1.165, 1.54) is 35.2 Å². The zero-order chi connectivity index (χ0) is 13.8. The number of fused-ring (bicyclic) bond motifs is 1. The smallest absolute Gasteiger partial charge is 0.0236 e. The van der Waals surface area contributed by atoms with Gasteiger partial charge in [0.15, 0.2) is 0 Å². The third-order valence-electron chi connectivity index (χ3n) is 4.25. The topological polar surface area (TPSA) is 29.3 Å². The fourth-order valence-electron chi connectivity index (χ4n) is 3.02. The lowest BCUT2D eigenvalue weighted by molar-refractivity contribution is 0.257. The Balaban J connectivity index is 1.63. The van der Waals surface area contributed by atoms with Gasteiger partial charge in [0, 0.05) is 26.2 Å². The summed E-state index contributed by atoms with van der Waals surface area (Å²) in [5, 5.41) is 0. The standard InChI is InChI=1S/C18H22N2/c19-13-17-7-3-1-5-15(17)9-11-20-12-10-16-6-2-4-8-18(16)14-20/h1-8H,9-14,19H2. The summed E-state index contributed by atoms with van der Waals surface area (Å²) in [6, 6.07) is 17.3. The Morgan fingerprint density at radius 1 is 0.900 bits per heavy atom. The van der Waals surface area contributed by atoms with Crippen LogP contribution in [0.3, 0.4) is 0 Å². The van der Waals surface area contributed by atoms with Gasteiger partial charge in [-0.2, -0.15) is 0 Å². The summed E-state index contributed by atoms with van der Waals surface area (Å²) < 4.78 is 0. The van der Waals surface area contributed by atoms with E-state index in [9.17, 15) is 0 Å². The Hall–Kier alpha value is -1.64. The second kappa shape index (κ2) is 6.21. The highest BCUT2D eigenvalue weighted by molar-refractivity contribution is 5.30. The first kappa shape index (κ1) is 13.3. The van der Waals surface area contributed by atoms with Crippen molar-refractivity contribution in [2.75, 3.05) is 13.1 Å². The van der Waals surface area contributed by atoms with Crippen LogP contribution in [0.5, 0.6) is 0 Å². The van der Waals surface area contributed by atoms with E-state index in [4.69, 9.17) is 5.73 Å². The summed E-state index contributed by atoms with van der Waals surface area (Å²) >= 11 is 0. The Morgan fingerprint density at radius 3 is 2.40 bits per heavy atom. The van der Waals surface area contributed by atoms with Gasteiger partial charge in [-0.3, -0.25) is 4.90 Å². The van der Waals surface area contributed by atoms with E-state index >= 15 is 0 Å². The van der Waals surface area contributed by atoms with Crippen LogP contribution in [0.2, 0.25) is 0 Å². The Morgan fingerprint density at radius 2 is 1.60 bits per heavy atom. The summed E-state index contributed by atoms with van der Waals surface area (Å²) in [4.78, 5) is 2.55. The molecule has 2 nitrogen and oxygen atoms in total. The molecule has 0 bridgehead atoms. The fraction of sp³-hybridized carbons (Fsp3) is 0.333. The molecule has 2 N–H and O–H groups in total. The van der Waals surface area contributed by atoms with E-state index in [0.717, 1.165) is 19.5 Å². The average molecular weight is 266 g/mol. The van der Waals surface area contributed by atoms with E-state index < -0.39 is 0 Å². The maximum atomic E-state index is 5.81. The average Bonchev–Trinajstić information content (AvgIpc) is 2.53. The van der Waals surface area contributed by atoms with E-state index in [2.05, 4.69) is 53.4 Å². The molecule has 0 saturated carbocycles. The molecule has 0 radical (unpaired) electrons. The van der Waals surface area contributed by atoms with Crippen LogP contribution in [-0.2, 0) is 25.9 Å². The van der Waals surface area contributed by atoms with Crippen molar-refractivity contribution in [3.8, 4) is 0 Å². The molecular weight excluding hydrogens is 244 g/mol. The van der Waals surface area contributed by atoms with E-state index in [1.807, 2.05) is 0 Å². The van der Waals surface area contributed by atoms with Gasteiger partial charge >= 0.3 is 0 Å². The van der Waals surface area contributed by atoms with Gasteiger partial charge in [-0.25, -0.2) is 0 Å². The zero-order valence-corrected chi connectivity index (χ0v) is 11.9. The predicted octanol–water partition coefficient (Wildman–Crippen LogP) is 2.75. The molecule has 0 fully saturated rings. The second-order valence-electron chi connectivity index (χ2n) is 5.52. The molecule has 0 aliphatic carbocycles. The monoisotopic (exact) mass is 266 g/mol. The molecule has 0 spiro atoms. The summed E-state index contributed by atoms with van der Waals surface area (Å²) in [5.74, 6) is 0. The molecule has 2 aromatic rings. The molecule has 0 saturated heterocycles. The van der Waals surface area contributed by atoms with Gasteiger partial charge in [0.2, 0.25) is 0 Å². The number of nitrogens with zero attached hydrogens (tertiary/aromatic N) is 1. The third-order valence-corrected chi connectivity index (χ3v) is 4.25. The van der Waals surface area contributed by atoms with Crippen LogP contribution in [-0.4, -0.2) is 18.0 Å². The summed E-state index contributed by atoms with van der Waals surface area (Å²) in [7, 11) is 0. The van der Waals surface area contributed by atoms with Crippen molar-refractivity contribution in [1.82, 2.24) is 4.90 Å². The Labute approximate surface area is 121 Å². The molecule has 1 aliphatic heterocycles. The molecule has 0 unspecified atom stereocenters. The molecule has 0 atom stereocenters. The van der Waals surface area contributed by atoms with Crippen molar-refractivity contribution >= 4 is 0 Å². The van der Waals surface area contributed by atoms with Crippen LogP contribution in [0.25, 0.3) is 0 Å². The highest BCUT2D eigenvalue weighted by atomic mass is 15.1. The van der Waals surface area contributed by atoms with Gasteiger partial charge in [0.25, 0.3) is 0 Å². The first-order chi connectivity index (χ1) is 9.86. The second-order valence-corrected chi connectivity index (χ2v) is 5.52. The summed E-state index contributed by atoms with van der Waals surface area (Å²) in [5.41, 5.74) is 11.5. The molecule has 20 heavy (non-hydrogen) atoms. The molecule has 1 heterocycles. The molecule has 3 rings (SSSR count). The van der Waals surface area contributed by atoms with Crippen molar-refractivity contribution in [2.24, 2.45) is 5.73 Å². The lowest BCUT2D eigenvalue weighted by Gasteiger charge is -2.28. The minimum atomic E-state index is 0.638. The number of hydrogen-bond donors (Lipinski definition) is 1. The van der Waals surface area contributed by atoms with Gasteiger partial charge in [-0.05, 0) is 35.1 Å². The van der Waals surface area contributed by atoms with Gasteiger partial charge in [0.1, 0.15) is 0 Å². The maximum absolute atomic E-state index is 5.81. The number of benzene rings is 2. The van der Waals surface area contributed by atoms with Crippen LogP contribution in [0.15, 0.2) is 48.5 Å². The third kappa shape index (κ3) is 2.92. The fourth-order valence-corrected chi connectivity index (χ4v) is 3.02. The van der Waals surface area contributed by atoms with Crippen molar-refractivity contribution in [3.05, 3.63) is 70.8 Å². The SMILES string of the molecule is NCc1ccccc1CCN1CCc2ccccc2C1. The summed E-state index contributed by atoms with van der Waals surface area (Å²) in [6.07, 6.45) is 2.27. The maximum Gasteiger partial charge on any atom is 0.0236 e. The Bertz CT molecular complexity index is 577. The quantitative estimate of drug-likeness (QED) is 0.922. The van der Waals surface area contributed by atoms with Crippen LogP contribution >= 0.6 is 0 Å². The minimum absolute atomic E-state index is 0.638. The predicted molar refractivity (Wildman–Crippen MR) is 83.5 cm³/mol. The van der Waals surface area contributed by atoms with Gasteiger partial charge < -0.3 is 5.73 Å². The van der Waals surface area contributed by atoms with Crippen LogP contribution in [0.4, 0.5) is 0 Å². The minimum Gasteiger partial charge on any atom is -0.326 e. The molecule has 0 aromatic heterocycles.